The first-order valence-corrected chi connectivity index (χ1v) is 6.04. The summed E-state index contributed by atoms with van der Waals surface area (Å²) in [4.78, 5) is 20.6. The minimum Gasteiger partial charge on any atom is -0.465 e. The lowest BCUT2D eigenvalue weighted by Crippen LogP contribution is -2.00. The maximum absolute atomic E-state index is 11.7. The second-order valence-corrected chi connectivity index (χ2v) is 4.71. The van der Waals surface area contributed by atoms with E-state index in [9.17, 15) is 4.79 Å². The third-order valence-corrected chi connectivity index (χ3v) is 3.88. The zero-order valence-electron chi connectivity index (χ0n) is 9.51. The zero-order valence-corrected chi connectivity index (χ0v) is 10.3. The number of carbonyl (C=O) groups is 1. The molecule has 18 heavy (non-hydrogen) atoms. The normalized spacial score (nSPS) is 10.9. The Balaban J connectivity index is 2.47. The summed E-state index contributed by atoms with van der Waals surface area (Å²) in [6.45, 7) is 0. The van der Waals surface area contributed by atoms with Crippen LogP contribution in [0.15, 0.2) is 24.5 Å². The van der Waals surface area contributed by atoms with Crippen LogP contribution >= 0.6 is 11.3 Å². The van der Waals surface area contributed by atoms with Crippen molar-refractivity contribution in [2.45, 2.75) is 0 Å². The van der Waals surface area contributed by atoms with Crippen LogP contribution in [0.1, 0.15) is 10.4 Å². The van der Waals surface area contributed by atoms with Crippen LogP contribution in [0.2, 0.25) is 0 Å². The fourth-order valence-corrected chi connectivity index (χ4v) is 3.08. The highest BCUT2D eigenvalue weighted by Gasteiger charge is 2.16. The number of anilines is 1. The van der Waals surface area contributed by atoms with Gasteiger partial charge < -0.3 is 10.5 Å². The first kappa shape index (κ1) is 10.9. The lowest BCUT2D eigenvalue weighted by atomic mass is 10.1. The van der Waals surface area contributed by atoms with Gasteiger partial charge in [-0.1, -0.05) is 12.1 Å². The minimum atomic E-state index is -0.362. The van der Waals surface area contributed by atoms with Gasteiger partial charge in [0.05, 0.1) is 22.8 Å². The summed E-state index contributed by atoms with van der Waals surface area (Å²) in [5.74, 6) is 0.0620. The summed E-state index contributed by atoms with van der Waals surface area (Å²) in [6, 6.07) is 5.43. The van der Waals surface area contributed by atoms with Crippen LogP contribution in [-0.4, -0.2) is 23.0 Å². The van der Waals surface area contributed by atoms with Gasteiger partial charge in [-0.15, -0.1) is 11.3 Å². The fourth-order valence-electron chi connectivity index (χ4n) is 1.92. The molecule has 0 aliphatic carbocycles. The summed E-state index contributed by atoms with van der Waals surface area (Å²) >= 11 is 1.41. The maximum atomic E-state index is 11.7. The number of methoxy groups -OCH3 is 1. The van der Waals surface area contributed by atoms with Crippen LogP contribution in [0.25, 0.3) is 20.3 Å². The van der Waals surface area contributed by atoms with E-state index in [0.717, 1.165) is 20.3 Å². The van der Waals surface area contributed by atoms with E-state index >= 15 is 0 Å². The molecule has 0 radical (unpaired) electrons. The molecule has 2 N–H and O–H groups in total. The highest BCUT2D eigenvalue weighted by Crippen LogP contribution is 2.36. The van der Waals surface area contributed by atoms with Gasteiger partial charge in [0.1, 0.15) is 17.0 Å². The average molecular weight is 259 g/mol. The number of nitrogens with two attached hydrogens (primary N) is 1. The van der Waals surface area contributed by atoms with Crippen molar-refractivity contribution in [3.8, 4) is 0 Å². The Morgan fingerprint density at radius 3 is 3.00 bits per heavy atom. The second kappa shape index (κ2) is 3.92. The Morgan fingerprint density at radius 2 is 2.22 bits per heavy atom. The standard InChI is InChI=1S/C12H9N3O2S/c1-17-12(16)7-4-2-3-6-8-10(13)14-5-15-11(8)18-9(6)7/h2-5H,1H3,(H2,13,14,15). The third-order valence-electron chi connectivity index (χ3n) is 2.73. The Bertz CT molecular complexity index is 766. The van der Waals surface area contributed by atoms with E-state index in [1.807, 2.05) is 6.07 Å². The number of nitrogen functional groups attached to an aromatic ring is 1. The number of nitrogens with zero attached hydrogens (tertiary/aromatic N) is 2. The van der Waals surface area contributed by atoms with Crippen LogP contribution in [0.5, 0.6) is 0 Å². The van der Waals surface area contributed by atoms with Gasteiger partial charge in [-0.05, 0) is 6.07 Å². The smallest absolute Gasteiger partial charge is 0.339 e. The van der Waals surface area contributed by atoms with Gasteiger partial charge in [0.2, 0.25) is 0 Å². The van der Waals surface area contributed by atoms with Crippen molar-refractivity contribution < 1.29 is 9.53 Å². The summed E-state index contributed by atoms with van der Waals surface area (Å²) in [5.41, 5.74) is 6.39. The van der Waals surface area contributed by atoms with Crippen LogP contribution < -0.4 is 5.73 Å². The molecule has 0 saturated heterocycles. The number of hydrogen-bond donors (Lipinski definition) is 1. The van der Waals surface area contributed by atoms with E-state index in [-0.39, 0.29) is 5.97 Å². The van der Waals surface area contributed by atoms with Crippen molar-refractivity contribution in [2.24, 2.45) is 0 Å². The minimum absolute atomic E-state index is 0.362. The molecule has 6 heteroatoms. The quantitative estimate of drug-likeness (QED) is 0.678. The molecule has 5 nitrogen and oxygen atoms in total. The van der Waals surface area contributed by atoms with Crippen molar-refractivity contribution in [3.63, 3.8) is 0 Å². The molecule has 90 valence electrons. The van der Waals surface area contributed by atoms with Gasteiger partial charge in [0, 0.05) is 5.39 Å². The van der Waals surface area contributed by atoms with Crippen LogP contribution in [0.3, 0.4) is 0 Å². The number of aromatic nitrogens is 2. The number of rotatable bonds is 1. The van der Waals surface area contributed by atoms with Gasteiger partial charge in [-0.25, -0.2) is 14.8 Å². The number of hydrogen-bond acceptors (Lipinski definition) is 6. The molecule has 0 amide bonds. The molecular formula is C12H9N3O2S. The molecule has 0 aliphatic rings. The molecule has 2 heterocycles. The SMILES string of the molecule is COC(=O)c1cccc2c1sc1ncnc(N)c12. The number of esters is 1. The molecule has 0 spiro atoms. The molecule has 0 bridgehead atoms. The van der Waals surface area contributed by atoms with Crippen LogP contribution in [0, 0.1) is 0 Å². The first-order chi connectivity index (χ1) is 8.72. The predicted octanol–water partition coefficient (Wildman–Crippen LogP) is 2.21. The number of carbonyl (C=O) groups excluding carboxylic acids is 1. The zero-order chi connectivity index (χ0) is 12.7. The van der Waals surface area contributed by atoms with Gasteiger partial charge in [-0.3, -0.25) is 0 Å². The van der Waals surface area contributed by atoms with Crippen molar-refractivity contribution in [3.05, 3.63) is 30.1 Å². The van der Waals surface area contributed by atoms with Gasteiger partial charge in [-0.2, -0.15) is 0 Å². The van der Waals surface area contributed by atoms with E-state index in [0.29, 0.717) is 11.4 Å². The van der Waals surface area contributed by atoms with Gasteiger partial charge >= 0.3 is 5.97 Å². The van der Waals surface area contributed by atoms with Crippen molar-refractivity contribution in [1.29, 1.82) is 0 Å². The Morgan fingerprint density at radius 1 is 1.39 bits per heavy atom. The monoisotopic (exact) mass is 259 g/mol. The van der Waals surface area contributed by atoms with Crippen LogP contribution in [-0.2, 0) is 4.74 Å². The Kier molecular flexibility index (Phi) is 2.38. The summed E-state index contributed by atoms with van der Waals surface area (Å²) < 4.78 is 5.60. The summed E-state index contributed by atoms with van der Waals surface area (Å²) in [7, 11) is 1.36. The first-order valence-electron chi connectivity index (χ1n) is 5.22. The van der Waals surface area contributed by atoms with Crippen molar-refractivity contribution >= 4 is 43.4 Å². The van der Waals surface area contributed by atoms with Gasteiger partial charge in [0.25, 0.3) is 0 Å². The largest absolute Gasteiger partial charge is 0.465 e. The second-order valence-electron chi connectivity index (χ2n) is 3.71. The van der Waals surface area contributed by atoms with Crippen LogP contribution in [0.4, 0.5) is 5.82 Å². The van der Waals surface area contributed by atoms with E-state index < -0.39 is 0 Å². The summed E-state index contributed by atoms with van der Waals surface area (Å²) in [5, 5.41) is 1.68. The van der Waals surface area contributed by atoms with Crippen molar-refractivity contribution in [2.75, 3.05) is 12.8 Å². The van der Waals surface area contributed by atoms with E-state index in [1.54, 1.807) is 12.1 Å². The van der Waals surface area contributed by atoms with Gasteiger partial charge in [0.15, 0.2) is 0 Å². The van der Waals surface area contributed by atoms with E-state index in [1.165, 1.54) is 24.8 Å². The molecule has 0 saturated carbocycles. The molecule has 3 aromatic rings. The molecular weight excluding hydrogens is 250 g/mol. The molecule has 2 aromatic heterocycles. The number of benzene rings is 1. The fraction of sp³-hybridized carbons (Fsp3) is 0.0833. The van der Waals surface area contributed by atoms with E-state index in [2.05, 4.69) is 9.97 Å². The molecule has 0 fully saturated rings. The molecule has 3 rings (SSSR count). The average Bonchev–Trinajstić information content (AvgIpc) is 2.77. The summed E-state index contributed by atoms with van der Waals surface area (Å²) in [6.07, 6.45) is 1.42. The Labute approximate surface area is 106 Å². The lowest BCUT2D eigenvalue weighted by molar-refractivity contribution is 0.0603. The van der Waals surface area contributed by atoms with Crippen molar-refractivity contribution in [1.82, 2.24) is 9.97 Å². The van der Waals surface area contributed by atoms with E-state index in [4.69, 9.17) is 10.5 Å². The number of thiophene rings is 1. The Hall–Kier alpha value is -2.21. The molecule has 1 aromatic carbocycles. The molecule has 0 aliphatic heterocycles. The maximum Gasteiger partial charge on any atom is 0.339 e. The lowest BCUT2D eigenvalue weighted by Gasteiger charge is -2.00. The predicted molar refractivity (Wildman–Crippen MR) is 70.7 cm³/mol. The third kappa shape index (κ3) is 1.42. The molecule has 0 atom stereocenters. The number of ether oxygens (including phenoxy) is 1. The topological polar surface area (TPSA) is 78.1 Å². The highest BCUT2D eigenvalue weighted by molar-refractivity contribution is 7.25. The number of fused-ring (bicyclic) bond motifs is 3. The molecule has 0 unspecified atom stereocenters. The highest BCUT2D eigenvalue weighted by atomic mass is 32.1.